The summed E-state index contributed by atoms with van der Waals surface area (Å²) < 4.78 is 42.9. The Hall–Kier alpha value is -2.80. The monoisotopic (exact) mass is 360 g/mol. The van der Waals surface area contributed by atoms with Crippen molar-refractivity contribution in [2.24, 2.45) is 5.73 Å². The first-order valence-corrected chi connectivity index (χ1v) is 9.06. The van der Waals surface area contributed by atoms with Crippen LogP contribution in [-0.2, 0) is 29.6 Å². The summed E-state index contributed by atoms with van der Waals surface area (Å²) in [5.74, 6) is -2.60. The number of ketones is 1. The third-order valence-corrected chi connectivity index (χ3v) is 4.67. The van der Waals surface area contributed by atoms with Crippen molar-refractivity contribution in [2.75, 3.05) is 0 Å². The number of aryl methyl sites for hydroxylation is 1. The van der Waals surface area contributed by atoms with E-state index in [1.807, 2.05) is 6.92 Å². The summed E-state index contributed by atoms with van der Waals surface area (Å²) in [7, 11) is -4.15. The van der Waals surface area contributed by atoms with Crippen molar-refractivity contribution in [2.45, 2.75) is 18.8 Å². The Labute approximate surface area is 147 Å². The summed E-state index contributed by atoms with van der Waals surface area (Å²) in [6.07, 6.45) is -2.17. The molecule has 0 fully saturated rings. The zero-order chi connectivity index (χ0) is 18.9. The van der Waals surface area contributed by atoms with E-state index in [9.17, 15) is 13.2 Å². The Morgan fingerprint density at radius 2 is 1.80 bits per heavy atom. The van der Waals surface area contributed by atoms with E-state index >= 15 is 0 Å². The topological polar surface area (TPSA) is 95.7 Å². The normalized spacial score (nSPS) is 21.0. The van der Waals surface area contributed by atoms with E-state index in [1.165, 1.54) is 0 Å². The summed E-state index contributed by atoms with van der Waals surface area (Å²) in [4.78, 5) is 12.6. The van der Waals surface area contributed by atoms with Gasteiger partial charge in [0.2, 0.25) is 17.4 Å². The van der Waals surface area contributed by atoms with Gasteiger partial charge >= 0.3 is 10.1 Å². The number of rotatable bonds is 5. The molecule has 25 heavy (non-hydrogen) atoms. The number of nitrogens with two attached hydrogens (primary N) is 1. The van der Waals surface area contributed by atoms with Crippen molar-refractivity contribution in [3.63, 3.8) is 0 Å². The maximum absolute atomic E-state index is 12.6. The largest absolute Gasteiger partial charge is 0.460 e. The van der Waals surface area contributed by atoms with Crippen molar-refractivity contribution in [3.8, 4) is 0 Å². The zero-order valence-corrected chi connectivity index (χ0v) is 14.2. The summed E-state index contributed by atoms with van der Waals surface area (Å²) >= 11 is 0. The van der Waals surface area contributed by atoms with E-state index in [-0.39, 0.29) is 5.56 Å². The average molecular weight is 360 g/mol. The molecule has 7 heteroatoms. The van der Waals surface area contributed by atoms with Crippen LogP contribution < -0.4 is 5.73 Å². The molecular formula is C18H17NO5S. The number of hydrogen-bond acceptors (Lipinski definition) is 6. The molecule has 2 N–H and O–H groups in total. The van der Waals surface area contributed by atoms with Gasteiger partial charge in [0.05, 0.1) is 1.37 Å². The molecule has 0 aliphatic carbocycles. The number of carbonyl (C=O) groups is 1. The minimum Gasteiger partial charge on any atom is -0.460 e. The third-order valence-electron chi connectivity index (χ3n) is 3.56. The molecule has 1 aliphatic heterocycles. The molecule has 0 amide bonds. The average Bonchev–Trinajstić information content (AvgIpc) is 2.80. The molecular weight excluding hydrogens is 342 g/mol. The lowest BCUT2D eigenvalue weighted by atomic mass is 10.0. The lowest BCUT2D eigenvalue weighted by molar-refractivity contribution is -0.123. The van der Waals surface area contributed by atoms with Crippen LogP contribution in [0.3, 0.4) is 0 Å². The van der Waals surface area contributed by atoms with E-state index < -0.39 is 39.4 Å². The zero-order valence-electron chi connectivity index (χ0n) is 14.4. The molecule has 1 heterocycles. The Bertz CT molecular complexity index is 970. The molecule has 130 valence electrons. The molecule has 2 aromatic carbocycles. The highest BCUT2D eigenvalue weighted by molar-refractivity contribution is 7.86. The molecule has 0 saturated heterocycles. The molecule has 0 bridgehead atoms. The smallest absolute Gasteiger partial charge is 0.313 e. The summed E-state index contributed by atoms with van der Waals surface area (Å²) in [5.41, 5.74) is 7.30. The highest BCUT2D eigenvalue weighted by Crippen LogP contribution is 2.32. The minimum atomic E-state index is -4.15. The Balaban J connectivity index is 1.83. The number of hydrogen-bond donors (Lipinski definition) is 1. The van der Waals surface area contributed by atoms with Crippen molar-refractivity contribution in [1.82, 2.24) is 0 Å². The predicted molar refractivity (Wildman–Crippen MR) is 91.4 cm³/mol. The second kappa shape index (κ2) is 6.60. The second-order valence-electron chi connectivity index (χ2n) is 5.59. The number of benzene rings is 2. The highest BCUT2D eigenvalue weighted by atomic mass is 32.2. The first-order valence-electron chi connectivity index (χ1n) is 7.98. The predicted octanol–water partition coefficient (Wildman–Crippen LogP) is 2.31. The molecule has 0 saturated carbocycles. The molecule has 0 radical (unpaired) electrons. The molecule has 1 aliphatic rings. The fourth-order valence-corrected chi connectivity index (χ4v) is 3.40. The summed E-state index contributed by atoms with van der Waals surface area (Å²) in [6.45, 7) is 1.86. The molecule has 0 unspecified atom stereocenters. The van der Waals surface area contributed by atoms with Crippen molar-refractivity contribution >= 4 is 15.9 Å². The first kappa shape index (κ1) is 15.7. The van der Waals surface area contributed by atoms with Crippen LogP contribution in [0, 0.1) is 6.92 Å². The first-order chi connectivity index (χ1) is 12.2. The minimum absolute atomic E-state index is 0.232. The Morgan fingerprint density at radius 3 is 2.44 bits per heavy atom. The van der Waals surface area contributed by atoms with Gasteiger partial charge in [-0.2, -0.15) is 8.42 Å². The van der Waals surface area contributed by atoms with E-state index in [4.69, 9.17) is 16.0 Å². The lowest BCUT2D eigenvalue weighted by Crippen LogP contribution is -2.16. The van der Waals surface area contributed by atoms with Crippen LogP contribution >= 0.6 is 0 Å². The molecule has 3 rings (SSSR count). The van der Waals surface area contributed by atoms with Gasteiger partial charge in [0, 0.05) is 5.56 Å². The van der Waals surface area contributed by atoms with Gasteiger partial charge in [0.25, 0.3) is 0 Å². The van der Waals surface area contributed by atoms with Gasteiger partial charge in [-0.1, -0.05) is 60.2 Å². The van der Waals surface area contributed by atoms with Crippen LogP contribution in [0.5, 0.6) is 0 Å². The van der Waals surface area contributed by atoms with E-state index in [0.29, 0.717) is 5.56 Å². The van der Waals surface area contributed by atoms with E-state index in [2.05, 4.69) is 0 Å². The third kappa shape index (κ3) is 3.83. The van der Waals surface area contributed by atoms with Crippen LogP contribution in [0.15, 0.2) is 66.2 Å². The molecule has 6 nitrogen and oxygen atoms in total. The van der Waals surface area contributed by atoms with Crippen molar-refractivity contribution < 1.29 is 23.5 Å². The number of carbonyl (C=O) groups excluding carboxylic acids is 1. The van der Waals surface area contributed by atoms with Gasteiger partial charge in [0.1, 0.15) is 5.75 Å². The van der Waals surface area contributed by atoms with Gasteiger partial charge in [-0.15, -0.1) is 0 Å². The SMILES string of the molecule is [2H][C@@]1(c2ccc(C)cc2)OC(N)=C(OS(=O)(=O)Cc2ccccc2)C1=O. The number of Topliss-reactive ketones (excluding diaryl/α,β-unsaturated/α-hetero) is 1. The highest BCUT2D eigenvalue weighted by Gasteiger charge is 2.39. The second-order valence-corrected chi connectivity index (χ2v) is 7.16. The summed E-state index contributed by atoms with van der Waals surface area (Å²) in [6, 6.07) is 14.9. The van der Waals surface area contributed by atoms with Gasteiger partial charge in [-0.05, 0) is 12.5 Å². The molecule has 1 atom stereocenters. The van der Waals surface area contributed by atoms with E-state index in [0.717, 1.165) is 5.56 Å². The van der Waals surface area contributed by atoms with Crippen molar-refractivity contribution in [3.05, 3.63) is 82.9 Å². The van der Waals surface area contributed by atoms with Gasteiger partial charge in [-0.25, -0.2) is 0 Å². The summed E-state index contributed by atoms with van der Waals surface area (Å²) in [5, 5.41) is 0. The molecule has 2 aromatic rings. The Morgan fingerprint density at radius 1 is 1.16 bits per heavy atom. The van der Waals surface area contributed by atoms with Crippen LogP contribution in [0.2, 0.25) is 0 Å². The molecule has 0 spiro atoms. The maximum Gasteiger partial charge on any atom is 0.313 e. The Kier molecular flexibility index (Phi) is 4.15. The number of ether oxygens (including phenoxy) is 1. The van der Waals surface area contributed by atoms with Gasteiger partial charge < -0.3 is 14.7 Å². The van der Waals surface area contributed by atoms with Gasteiger partial charge in [-0.3, -0.25) is 4.79 Å². The van der Waals surface area contributed by atoms with Gasteiger partial charge in [0.15, 0.2) is 6.08 Å². The fourth-order valence-electron chi connectivity index (χ4n) is 2.33. The standard InChI is InChI=1S/C18H17NO5S/c1-12-7-9-14(10-8-12)16-15(20)17(18(19)23-16)24-25(21,22)11-13-5-3-2-4-6-13/h2-10,16H,11,19H2,1H3/t16-/m0/s1/i16D. The van der Waals surface area contributed by atoms with Crippen LogP contribution in [0.1, 0.15) is 24.1 Å². The maximum atomic E-state index is 12.6. The van der Waals surface area contributed by atoms with Crippen LogP contribution in [0.25, 0.3) is 0 Å². The fraction of sp³-hybridized carbons (Fsp3) is 0.167. The van der Waals surface area contributed by atoms with E-state index in [1.54, 1.807) is 54.6 Å². The molecule has 0 aromatic heterocycles. The lowest BCUT2D eigenvalue weighted by Gasteiger charge is -2.10. The van der Waals surface area contributed by atoms with Crippen LogP contribution in [-0.4, -0.2) is 14.2 Å². The van der Waals surface area contributed by atoms with Crippen molar-refractivity contribution in [1.29, 1.82) is 0 Å². The quantitative estimate of drug-likeness (QED) is 0.822. The van der Waals surface area contributed by atoms with Crippen LogP contribution in [0.4, 0.5) is 0 Å².